The molecule has 0 radical (unpaired) electrons. The number of nitrogens with zero attached hydrogens (tertiary/aromatic N) is 1. The lowest BCUT2D eigenvalue weighted by atomic mass is 9.74. The van der Waals surface area contributed by atoms with Gasteiger partial charge >= 0.3 is 7.12 Å². The van der Waals surface area contributed by atoms with Crippen molar-refractivity contribution in [2.45, 2.75) is 89.6 Å². The molecule has 3 fully saturated rings. The molecule has 2 atom stereocenters. The van der Waals surface area contributed by atoms with Gasteiger partial charge in [0.1, 0.15) is 0 Å². The summed E-state index contributed by atoms with van der Waals surface area (Å²) in [5.41, 5.74) is 2.32. The fraction of sp³-hybridized carbons (Fsp3) is 0.536. The Morgan fingerprint density at radius 2 is 1.58 bits per heavy atom. The molecule has 0 spiro atoms. The summed E-state index contributed by atoms with van der Waals surface area (Å²) in [7, 11) is -0.435. The van der Waals surface area contributed by atoms with Crippen molar-refractivity contribution in [3.8, 4) is 0 Å². The highest BCUT2D eigenvalue weighted by molar-refractivity contribution is 6.62. The minimum atomic E-state index is -0.435. The summed E-state index contributed by atoms with van der Waals surface area (Å²) in [6.45, 7) is 9.23. The lowest BCUT2D eigenvalue weighted by Gasteiger charge is -2.48. The van der Waals surface area contributed by atoms with Gasteiger partial charge in [0.25, 0.3) is 0 Å². The van der Waals surface area contributed by atoms with E-state index < -0.39 is 7.12 Å². The van der Waals surface area contributed by atoms with Crippen LogP contribution in [-0.4, -0.2) is 41.1 Å². The summed E-state index contributed by atoms with van der Waals surface area (Å²) in [4.78, 5) is 16.3. The van der Waals surface area contributed by atoms with E-state index in [0.29, 0.717) is 12.1 Å². The quantitative estimate of drug-likeness (QED) is 0.480. The van der Waals surface area contributed by atoms with Gasteiger partial charge in [0.15, 0.2) is 5.78 Å². The molecule has 3 saturated heterocycles. The monoisotopic (exact) mass is 445 g/mol. The van der Waals surface area contributed by atoms with E-state index in [1.165, 1.54) is 24.8 Å². The van der Waals surface area contributed by atoms with E-state index in [2.05, 4.69) is 62.9 Å². The number of Topliss-reactive ketones (excluding diaryl/α,β-unsaturated/α-hetero) is 1. The van der Waals surface area contributed by atoms with Crippen molar-refractivity contribution in [2.24, 2.45) is 5.92 Å². The first-order chi connectivity index (χ1) is 15.7. The number of ketones is 1. The molecule has 2 bridgehead atoms. The Morgan fingerprint density at radius 3 is 2.21 bits per heavy atom. The first-order valence-electron chi connectivity index (χ1n) is 12.5. The minimum absolute atomic E-state index is 0.0980. The number of rotatable bonds is 5. The summed E-state index contributed by atoms with van der Waals surface area (Å²) < 4.78 is 12.4. The zero-order valence-corrected chi connectivity index (χ0v) is 20.4. The van der Waals surface area contributed by atoms with Gasteiger partial charge in [-0.3, -0.25) is 9.69 Å². The molecule has 33 heavy (non-hydrogen) atoms. The van der Waals surface area contributed by atoms with Crippen LogP contribution in [-0.2, 0) is 15.9 Å². The number of carbonyl (C=O) groups excluding carboxylic acids is 1. The van der Waals surface area contributed by atoms with Crippen LogP contribution in [0.25, 0.3) is 0 Å². The molecular formula is C28H36BNO3. The summed E-state index contributed by atoms with van der Waals surface area (Å²) in [6.07, 6.45) is 5.59. The Hall–Kier alpha value is -1.95. The second kappa shape index (κ2) is 8.68. The van der Waals surface area contributed by atoms with Gasteiger partial charge in [-0.15, -0.1) is 0 Å². The molecule has 174 valence electrons. The molecule has 0 saturated carbocycles. The summed E-state index contributed by atoms with van der Waals surface area (Å²) in [5, 5.41) is 0. The van der Waals surface area contributed by atoms with E-state index >= 15 is 0 Å². The van der Waals surface area contributed by atoms with Crippen LogP contribution in [0.15, 0.2) is 54.6 Å². The van der Waals surface area contributed by atoms with E-state index in [0.717, 1.165) is 30.4 Å². The lowest BCUT2D eigenvalue weighted by molar-refractivity contribution is 0.00578. The maximum absolute atomic E-state index is 13.6. The second-order valence-corrected chi connectivity index (χ2v) is 11.1. The number of benzene rings is 2. The van der Waals surface area contributed by atoms with E-state index in [4.69, 9.17) is 9.31 Å². The zero-order valence-electron chi connectivity index (χ0n) is 20.4. The van der Waals surface area contributed by atoms with Crippen molar-refractivity contribution in [1.29, 1.82) is 0 Å². The van der Waals surface area contributed by atoms with Crippen LogP contribution in [0.3, 0.4) is 0 Å². The highest BCUT2D eigenvalue weighted by Gasteiger charge is 2.51. The normalized spacial score (nSPS) is 28.6. The standard InChI is InChI=1S/C28H36BNO3/c1-27(2)28(3,4)33-29(32-27)23-13-8-12-21(16-23)26(31)22-17-24-14-9-15-25(18-22)30(24)19-20-10-6-5-7-11-20/h5-8,10-13,16,22,24-25H,9,14-15,17-19H2,1-4H3. The summed E-state index contributed by atoms with van der Waals surface area (Å²) in [5.74, 6) is 0.380. The Labute approximate surface area is 198 Å². The highest BCUT2D eigenvalue weighted by atomic mass is 16.7. The molecule has 5 heteroatoms. The molecule has 0 aliphatic carbocycles. The van der Waals surface area contributed by atoms with Crippen molar-refractivity contribution in [3.05, 3.63) is 65.7 Å². The molecule has 3 aliphatic rings. The van der Waals surface area contributed by atoms with Gasteiger partial charge in [0.05, 0.1) is 11.2 Å². The lowest BCUT2D eigenvalue weighted by Crippen LogP contribution is -2.52. The minimum Gasteiger partial charge on any atom is -0.399 e. The maximum Gasteiger partial charge on any atom is 0.494 e. The second-order valence-electron chi connectivity index (χ2n) is 11.1. The van der Waals surface area contributed by atoms with Crippen molar-refractivity contribution < 1.29 is 14.1 Å². The van der Waals surface area contributed by atoms with E-state index in [-0.39, 0.29) is 22.9 Å². The Kier molecular flexibility index (Phi) is 6.01. The van der Waals surface area contributed by atoms with Crippen LogP contribution >= 0.6 is 0 Å². The molecule has 0 N–H and O–H groups in total. The fourth-order valence-corrected chi connectivity index (χ4v) is 5.80. The molecule has 3 aliphatic heterocycles. The van der Waals surface area contributed by atoms with Crippen LogP contribution in [0.5, 0.6) is 0 Å². The number of fused-ring (bicyclic) bond motifs is 2. The molecule has 3 heterocycles. The molecule has 2 aromatic rings. The van der Waals surface area contributed by atoms with Gasteiger partial charge in [-0.25, -0.2) is 0 Å². The molecule has 2 aromatic carbocycles. The van der Waals surface area contributed by atoms with Crippen LogP contribution in [0.4, 0.5) is 0 Å². The van der Waals surface area contributed by atoms with Gasteiger partial charge < -0.3 is 9.31 Å². The van der Waals surface area contributed by atoms with Crippen LogP contribution in [0.2, 0.25) is 0 Å². The summed E-state index contributed by atoms with van der Waals surface area (Å²) >= 11 is 0. The van der Waals surface area contributed by atoms with Gasteiger partial charge in [0, 0.05) is 30.1 Å². The number of hydrogen-bond donors (Lipinski definition) is 0. The van der Waals surface area contributed by atoms with Gasteiger partial charge in [-0.05, 0) is 64.4 Å². The predicted molar refractivity (Wildman–Crippen MR) is 133 cm³/mol. The van der Waals surface area contributed by atoms with Crippen molar-refractivity contribution >= 4 is 18.4 Å². The Morgan fingerprint density at radius 1 is 0.939 bits per heavy atom. The molecular weight excluding hydrogens is 409 g/mol. The largest absolute Gasteiger partial charge is 0.494 e. The van der Waals surface area contributed by atoms with E-state index in [9.17, 15) is 4.79 Å². The number of carbonyl (C=O) groups is 1. The van der Waals surface area contributed by atoms with Gasteiger partial charge in [-0.1, -0.05) is 61.0 Å². The van der Waals surface area contributed by atoms with Crippen LogP contribution in [0.1, 0.15) is 75.7 Å². The summed E-state index contributed by atoms with van der Waals surface area (Å²) in [6, 6.07) is 19.7. The topological polar surface area (TPSA) is 38.8 Å². The average Bonchev–Trinajstić information content (AvgIpc) is 3.01. The smallest absolute Gasteiger partial charge is 0.399 e. The number of hydrogen-bond acceptors (Lipinski definition) is 4. The average molecular weight is 445 g/mol. The maximum atomic E-state index is 13.6. The third kappa shape index (κ3) is 4.43. The number of piperidine rings is 2. The van der Waals surface area contributed by atoms with Gasteiger partial charge in [0.2, 0.25) is 0 Å². The molecule has 0 amide bonds. The zero-order chi connectivity index (χ0) is 23.2. The van der Waals surface area contributed by atoms with Crippen LogP contribution in [0, 0.1) is 5.92 Å². The first kappa shape index (κ1) is 22.8. The third-order valence-electron chi connectivity index (χ3n) is 8.40. The van der Waals surface area contributed by atoms with Crippen molar-refractivity contribution in [1.82, 2.24) is 4.90 Å². The molecule has 5 rings (SSSR count). The fourth-order valence-electron chi connectivity index (χ4n) is 5.80. The first-order valence-corrected chi connectivity index (χ1v) is 12.5. The Bertz CT molecular complexity index is 975. The van der Waals surface area contributed by atoms with Crippen molar-refractivity contribution in [3.63, 3.8) is 0 Å². The van der Waals surface area contributed by atoms with Crippen molar-refractivity contribution in [2.75, 3.05) is 0 Å². The third-order valence-corrected chi connectivity index (χ3v) is 8.40. The molecule has 4 nitrogen and oxygen atoms in total. The Balaban J connectivity index is 1.30. The highest BCUT2D eigenvalue weighted by Crippen LogP contribution is 2.39. The van der Waals surface area contributed by atoms with Crippen LogP contribution < -0.4 is 5.46 Å². The van der Waals surface area contributed by atoms with E-state index in [1.807, 2.05) is 24.3 Å². The van der Waals surface area contributed by atoms with Gasteiger partial charge in [-0.2, -0.15) is 0 Å². The SMILES string of the molecule is CC1(C)OB(c2cccc(C(=O)C3CC4CCCC(C3)N4Cc3ccccc3)c2)OC1(C)C. The molecule has 0 aromatic heterocycles. The predicted octanol–water partition coefficient (Wildman–Crippen LogP) is 5.00. The van der Waals surface area contributed by atoms with E-state index in [1.54, 1.807) is 0 Å². The molecule has 2 unspecified atom stereocenters.